The highest BCUT2D eigenvalue weighted by Gasteiger charge is 2.39. The molecule has 28 heavy (non-hydrogen) atoms. The lowest BCUT2D eigenvalue weighted by Gasteiger charge is -2.42. The molecule has 2 heterocycles. The molecule has 1 aromatic heterocycles. The lowest BCUT2D eigenvalue weighted by atomic mass is 9.73. The van der Waals surface area contributed by atoms with Crippen LogP contribution < -0.4 is 4.74 Å². The van der Waals surface area contributed by atoms with Crippen LogP contribution in [0.4, 0.5) is 0 Å². The summed E-state index contributed by atoms with van der Waals surface area (Å²) >= 11 is 1.89. The smallest absolute Gasteiger partial charge is 0.176 e. The summed E-state index contributed by atoms with van der Waals surface area (Å²) in [5.41, 5.74) is 2.24. The Kier molecular flexibility index (Phi) is 6.50. The molecule has 0 amide bonds. The first-order chi connectivity index (χ1) is 13.3. The van der Waals surface area contributed by atoms with E-state index in [9.17, 15) is 0 Å². The standard InChI is InChI=1S/C25H32O2S/c1-6-7-8-9-15-28-23-17-22-21(24(2,3)18-25(4,5)27-22)16-19(23)12-13-20-11-10-14-26-20/h10-11,14,16-17H,6-9,15,18H2,1-5H3. The van der Waals surface area contributed by atoms with Gasteiger partial charge in [0, 0.05) is 16.0 Å². The van der Waals surface area contributed by atoms with E-state index in [1.54, 1.807) is 6.26 Å². The molecule has 0 saturated carbocycles. The van der Waals surface area contributed by atoms with Crippen LogP contribution in [-0.4, -0.2) is 11.4 Å². The van der Waals surface area contributed by atoms with Crippen molar-refractivity contribution in [3.63, 3.8) is 0 Å². The van der Waals surface area contributed by atoms with Crippen molar-refractivity contribution in [3.8, 4) is 17.6 Å². The predicted octanol–water partition coefficient (Wildman–Crippen LogP) is 7.19. The van der Waals surface area contributed by atoms with E-state index in [-0.39, 0.29) is 11.0 Å². The van der Waals surface area contributed by atoms with Gasteiger partial charge in [0.2, 0.25) is 0 Å². The number of ether oxygens (including phenoxy) is 1. The third-order valence-corrected chi connectivity index (χ3v) is 6.30. The minimum absolute atomic E-state index is 0.0581. The van der Waals surface area contributed by atoms with Crippen molar-refractivity contribution in [2.75, 3.05) is 5.75 Å². The van der Waals surface area contributed by atoms with Crippen molar-refractivity contribution in [3.05, 3.63) is 47.4 Å². The summed E-state index contributed by atoms with van der Waals surface area (Å²) in [5, 5.41) is 0. The van der Waals surface area contributed by atoms with Gasteiger partial charge in [-0.2, -0.15) is 0 Å². The van der Waals surface area contributed by atoms with Crippen LogP contribution in [0.5, 0.6) is 5.75 Å². The Morgan fingerprint density at radius 1 is 1.07 bits per heavy atom. The molecule has 0 radical (unpaired) electrons. The molecule has 3 heteroatoms. The van der Waals surface area contributed by atoms with Crippen LogP contribution in [0.2, 0.25) is 0 Å². The molecule has 0 N–H and O–H groups in total. The molecule has 3 rings (SSSR count). The fourth-order valence-corrected chi connectivity index (χ4v) is 5.10. The van der Waals surface area contributed by atoms with E-state index < -0.39 is 0 Å². The van der Waals surface area contributed by atoms with E-state index in [1.165, 1.54) is 36.1 Å². The lowest BCUT2D eigenvalue weighted by Crippen LogP contribution is -2.41. The molecule has 1 aromatic carbocycles. The van der Waals surface area contributed by atoms with Crippen molar-refractivity contribution < 1.29 is 9.15 Å². The summed E-state index contributed by atoms with van der Waals surface area (Å²) in [5.74, 6) is 9.36. The van der Waals surface area contributed by atoms with E-state index in [2.05, 4.69) is 58.6 Å². The van der Waals surface area contributed by atoms with Gasteiger partial charge < -0.3 is 9.15 Å². The average molecular weight is 397 g/mol. The summed E-state index contributed by atoms with van der Waals surface area (Å²) in [4.78, 5) is 1.21. The van der Waals surface area contributed by atoms with E-state index in [4.69, 9.17) is 9.15 Å². The number of hydrogen-bond acceptors (Lipinski definition) is 3. The Bertz CT molecular complexity index is 851. The Morgan fingerprint density at radius 2 is 1.89 bits per heavy atom. The fourth-order valence-electron chi connectivity index (χ4n) is 4.07. The summed E-state index contributed by atoms with van der Waals surface area (Å²) in [6, 6.07) is 8.24. The molecule has 0 spiro atoms. The number of thioether (sulfide) groups is 1. The first-order valence-electron chi connectivity index (χ1n) is 10.4. The molecule has 1 aliphatic heterocycles. The average Bonchev–Trinajstić information content (AvgIpc) is 3.12. The van der Waals surface area contributed by atoms with Gasteiger partial charge in [-0.25, -0.2) is 0 Å². The summed E-state index contributed by atoms with van der Waals surface area (Å²) < 4.78 is 11.8. The van der Waals surface area contributed by atoms with Crippen LogP contribution >= 0.6 is 11.8 Å². The third kappa shape index (κ3) is 5.17. The van der Waals surface area contributed by atoms with Gasteiger partial charge in [0.1, 0.15) is 11.4 Å². The molecule has 0 atom stereocenters. The molecule has 0 saturated heterocycles. The van der Waals surface area contributed by atoms with Crippen molar-refractivity contribution in [1.82, 2.24) is 0 Å². The van der Waals surface area contributed by atoms with Crippen molar-refractivity contribution >= 4 is 11.8 Å². The fraction of sp³-hybridized carbons (Fsp3) is 0.520. The Hall–Kier alpha value is -1.79. The normalized spacial score (nSPS) is 16.6. The maximum Gasteiger partial charge on any atom is 0.176 e. The SMILES string of the molecule is CCCCCCSc1cc2c(cc1C#Cc1ccco1)C(C)(C)CC(C)(C)O2. The van der Waals surface area contributed by atoms with Gasteiger partial charge in [0.25, 0.3) is 0 Å². The number of rotatable bonds is 6. The van der Waals surface area contributed by atoms with Gasteiger partial charge in [-0.05, 0) is 68.0 Å². The first kappa shape index (κ1) is 20.9. The number of furan rings is 1. The third-order valence-electron chi connectivity index (χ3n) is 5.16. The largest absolute Gasteiger partial charge is 0.487 e. The van der Waals surface area contributed by atoms with Crippen molar-refractivity contribution in [1.29, 1.82) is 0 Å². The first-order valence-corrected chi connectivity index (χ1v) is 11.4. The molecule has 0 aliphatic carbocycles. The summed E-state index contributed by atoms with van der Waals surface area (Å²) in [7, 11) is 0. The summed E-state index contributed by atoms with van der Waals surface area (Å²) in [6.45, 7) is 11.2. The van der Waals surface area contributed by atoms with Gasteiger partial charge in [-0.15, -0.1) is 11.8 Å². The Balaban J connectivity index is 1.93. The van der Waals surface area contributed by atoms with E-state index in [0.717, 1.165) is 23.5 Å². The van der Waals surface area contributed by atoms with Gasteiger partial charge in [0.15, 0.2) is 5.76 Å². The molecular formula is C25H32O2S. The van der Waals surface area contributed by atoms with Gasteiger partial charge in [0.05, 0.1) is 6.26 Å². The topological polar surface area (TPSA) is 22.4 Å². The van der Waals surface area contributed by atoms with Gasteiger partial charge >= 0.3 is 0 Å². The predicted molar refractivity (Wildman–Crippen MR) is 118 cm³/mol. The van der Waals surface area contributed by atoms with E-state index in [1.807, 2.05) is 23.9 Å². The van der Waals surface area contributed by atoms with E-state index >= 15 is 0 Å². The molecular weight excluding hydrogens is 364 g/mol. The number of hydrogen-bond donors (Lipinski definition) is 0. The zero-order valence-electron chi connectivity index (χ0n) is 17.9. The van der Waals surface area contributed by atoms with Crippen LogP contribution in [0, 0.1) is 11.8 Å². The van der Waals surface area contributed by atoms with Crippen LogP contribution in [0.1, 0.15) is 83.6 Å². The maximum absolute atomic E-state index is 6.37. The zero-order chi connectivity index (χ0) is 20.2. The molecule has 2 nitrogen and oxygen atoms in total. The highest BCUT2D eigenvalue weighted by atomic mass is 32.2. The van der Waals surface area contributed by atoms with Gasteiger partial charge in [-0.3, -0.25) is 0 Å². The molecule has 0 bridgehead atoms. The van der Waals surface area contributed by atoms with Gasteiger partial charge in [-0.1, -0.05) is 46.0 Å². The quantitative estimate of drug-likeness (QED) is 0.293. The van der Waals surface area contributed by atoms with Crippen LogP contribution in [0.25, 0.3) is 0 Å². The molecule has 0 unspecified atom stereocenters. The second-order valence-corrected chi connectivity index (χ2v) is 10.0. The van der Waals surface area contributed by atoms with Crippen LogP contribution in [-0.2, 0) is 5.41 Å². The molecule has 150 valence electrons. The van der Waals surface area contributed by atoms with Crippen molar-refractivity contribution in [2.24, 2.45) is 0 Å². The number of fused-ring (bicyclic) bond motifs is 1. The highest BCUT2D eigenvalue weighted by Crippen LogP contribution is 2.46. The minimum Gasteiger partial charge on any atom is -0.487 e. The second-order valence-electron chi connectivity index (χ2n) is 8.90. The zero-order valence-corrected chi connectivity index (χ0v) is 18.7. The Morgan fingerprint density at radius 3 is 2.61 bits per heavy atom. The lowest BCUT2D eigenvalue weighted by molar-refractivity contribution is 0.0530. The maximum atomic E-state index is 6.37. The van der Waals surface area contributed by atoms with Crippen LogP contribution in [0.15, 0.2) is 39.8 Å². The Labute approximate surface area is 174 Å². The molecule has 0 fully saturated rings. The van der Waals surface area contributed by atoms with E-state index in [0.29, 0.717) is 5.76 Å². The number of benzene rings is 1. The molecule has 1 aliphatic rings. The monoisotopic (exact) mass is 396 g/mol. The molecule has 2 aromatic rings. The van der Waals surface area contributed by atoms with Crippen LogP contribution in [0.3, 0.4) is 0 Å². The number of unbranched alkanes of at least 4 members (excludes halogenated alkanes) is 3. The highest BCUT2D eigenvalue weighted by molar-refractivity contribution is 7.99. The van der Waals surface area contributed by atoms with Crippen molar-refractivity contribution in [2.45, 2.75) is 82.6 Å². The minimum atomic E-state index is -0.152. The second kappa shape index (κ2) is 8.70. The summed E-state index contributed by atoms with van der Waals surface area (Å²) in [6.07, 6.45) is 7.75.